The van der Waals surface area contributed by atoms with E-state index >= 15 is 0 Å². The fraction of sp³-hybridized carbons (Fsp3) is 0.792. The van der Waals surface area contributed by atoms with Gasteiger partial charge in [0.1, 0.15) is 24.4 Å². The third-order valence-corrected chi connectivity index (χ3v) is 7.84. The Kier molecular flexibility index (Phi) is 6.28. The molecule has 0 bridgehead atoms. The van der Waals surface area contributed by atoms with Crippen molar-refractivity contribution in [2.24, 2.45) is 17.3 Å². The maximum atomic E-state index is 12.8. The fourth-order valence-corrected chi connectivity index (χ4v) is 5.90. The molecule has 0 aromatic heterocycles. The number of carbonyl (C=O) groups is 3. The summed E-state index contributed by atoms with van der Waals surface area (Å²) >= 11 is 0. The molecule has 1 heterocycles. The Morgan fingerprint density at radius 3 is 2.12 bits per heavy atom. The lowest BCUT2D eigenvalue weighted by atomic mass is 9.66. The predicted octanol–water partition coefficient (Wildman–Crippen LogP) is 2.70. The van der Waals surface area contributed by atoms with E-state index in [0.29, 0.717) is 12.0 Å². The maximum Gasteiger partial charge on any atom is 0.333 e. The van der Waals surface area contributed by atoms with Crippen LogP contribution in [-0.4, -0.2) is 58.6 Å². The zero-order valence-electron chi connectivity index (χ0n) is 20.3. The van der Waals surface area contributed by atoms with E-state index in [1.807, 2.05) is 27.7 Å². The van der Waals surface area contributed by atoms with Crippen LogP contribution in [0.15, 0.2) is 11.6 Å². The molecule has 3 rings (SSSR count). The number of esters is 3. The normalized spacial score (nSPS) is 43.1. The quantitative estimate of drug-likeness (QED) is 0.293. The molecule has 0 aromatic carbocycles. The van der Waals surface area contributed by atoms with E-state index in [0.717, 1.165) is 0 Å². The van der Waals surface area contributed by atoms with Crippen LogP contribution in [0, 0.1) is 17.3 Å². The van der Waals surface area contributed by atoms with Crippen molar-refractivity contribution in [2.75, 3.05) is 0 Å². The Bertz CT molecular complexity index is 834. The van der Waals surface area contributed by atoms with E-state index in [2.05, 4.69) is 0 Å². The molecule has 2 saturated carbocycles. The van der Waals surface area contributed by atoms with Gasteiger partial charge in [0, 0.05) is 38.2 Å². The smallest absolute Gasteiger partial charge is 0.333 e. The second-order valence-electron chi connectivity index (χ2n) is 10.3. The van der Waals surface area contributed by atoms with Gasteiger partial charge >= 0.3 is 17.9 Å². The molecule has 180 valence electrons. The summed E-state index contributed by atoms with van der Waals surface area (Å²) in [5.74, 6) is -2.35. The van der Waals surface area contributed by atoms with Crippen molar-refractivity contribution in [3.05, 3.63) is 11.6 Å². The lowest BCUT2D eigenvalue weighted by Crippen LogP contribution is -2.56. The van der Waals surface area contributed by atoms with Gasteiger partial charge in [-0.1, -0.05) is 26.8 Å². The second-order valence-corrected chi connectivity index (χ2v) is 10.3. The van der Waals surface area contributed by atoms with E-state index in [9.17, 15) is 19.5 Å². The van der Waals surface area contributed by atoms with Crippen LogP contribution in [-0.2, 0) is 33.3 Å². The highest BCUT2D eigenvalue weighted by molar-refractivity contribution is 5.87. The molecule has 8 heteroatoms. The SMILES string of the molecule is C/C=C(\C)C(=O)O[C@@H]1C[C@]2(C)O[C@@H]2[C@H](OC(C)=O)[C@@]2(C)[C@@H]1[C@@](O)(C(C)C)C[C@H]2OC(C)=O. The van der Waals surface area contributed by atoms with Crippen molar-refractivity contribution in [1.82, 2.24) is 0 Å². The highest BCUT2D eigenvalue weighted by atomic mass is 16.7. The van der Waals surface area contributed by atoms with Crippen LogP contribution in [0.1, 0.15) is 68.2 Å². The molecule has 0 amide bonds. The molecule has 2 aliphatic carbocycles. The van der Waals surface area contributed by atoms with Crippen molar-refractivity contribution in [2.45, 2.75) is 104 Å². The average molecular weight is 453 g/mol. The first-order chi connectivity index (χ1) is 14.7. The van der Waals surface area contributed by atoms with E-state index in [1.165, 1.54) is 13.8 Å². The summed E-state index contributed by atoms with van der Waals surface area (Å²) in [5, 5.41) is 12.0. The zero-order valence-corrected chi connectivity index (χ0v) is 20.3. The van der Waals surface area contributed by atoms with Crippen LogP contribution in [0.25, 0.3) is 0 Å². The highest BCUT2D eigenvalue weighted by Crippen LogP contribution is 2.65. The number of carbonyl (C=O) groups excluding carboxylic acids is 3. The Balaban J connectivity index is 2.19. The minimum atomic E-state index is -1.32. The largest absolute Gasteiger partial charge is 0.462 e. The number of epoxide rings is 1. The molecular formula is C24H36O8. The van der Waals surface area contributed by atoms with Gasteiger partial charge in [0.15, 0.2) is 0 Å². The first-order valence-corrected chi connectivity index (χ1v) is 11.3. The van der Waals surface area contributed by atoms with Gasteiger partial charge in [0.05, 0.1) is 16.6 Å². The lowest BCUT2D eigenvalue weighted by Gasteiger charge is -2.46. The second kappa shape index (κ2) is 8.13. The van der Waals surface area contributed by atoms with Crippen LogP contribution in [0.2, 0.25) is 0 Å². The van der Waals surface area contributed by atoms with E-state index in [4.69, 9.17) is 18.9 Å². The lowest BCUT2D eigenvalue weighted by molar-refractivity contribution is -0.191. The monoisotopic (exact) mass is 452 g/mol. The van der Waals surface area contributed by atoms with E-state index < -0.39 is 64.9 Å². The number of aliphatic hydroxyl groups is 1. The van der Waals surface area contributed by atoms with Gasteiger partial charge in [0.25, 0.3) is 0 Å². The molecular weight excluding hydrogens is 416 g/mol. The standard InChI is InChI=1S/C24H36O8/c1-9-13(4)21(27)31-16-10-22(7)19(32-22)20(30-15(6)26)23(8)17(29-14(5)25)11-24(28,12(2)3)18(16)23/h9,12,16-20,28H,10-11H2,1-8H3/b13-9+/t16-,17-,18-,19-,20+,22+,23-,24+/m1/s1. The van der Waals surface area contributed by atoms with E-state index in [-0.39, 0.29) is 12.3 Å². The van der Waals surface area contributed by atoms with Gasteiger partial charge in [-0.05, 0) is 26.7 Å². The van der Waals surface area contributed by atoms with Gasteiger partial charge < -0.3 is 24.1 Å². The molecule has 0 aromatic rings. The van der Waals surface area contributed by atoms with Crippen LogP contribution in [0.4, 0.5) is 0 Å². The highest BCUT2D eigenvalue weighted by Gasteiger charge is 2.77. The van der Waals surface area contributed by atoms with Crippen LogP contribution < -0.4 is 0 Å². The predicted molar refractivity (Wildman–Crippen MR) is 114 cm³/mol. The third kappa shape index (κ3) is 3.85. The van der Waals surface area contributed by atoms with Crippen molar-refractivity contribution in [3.63, 3.8) is 0 Å². The Morgan fingerprint density at radius 2 is 1.62 bits per heavy atom. The summed E-state index contributed by atoms with van der Waals surface area (Å²) < 4.78 is 23.5. The number of hydrogen-bond donors (Lipinski definition) is 1. The number of allylic oxidation sites excluding steroid dienone is 1. The number of rotatable bonds is 5. The summed E-state index contributed by atoms with van der Waals surface area (Å²) in [4.78, 5) is 36.9. The van der Waals surface area contributed by atoms with Gasteiger partial charge in [-0.3, -0.25) is 9.59 Å². The average Bonchev–Trinajstić information content (AvgIpc) is 3.27. The third-order valence-electron chi connectivity index (χ3n) is 7.84. The summed E-state index contributed by atoms with van der Waals surface area (Å²) in [7, 11) is 0. The molecule has 3 fully saturated rings. The van der Waals surface area contributed by atoms with Crippen molar-refractivity contribution in [1.29, 1.82) is 0 Å². The molecule has 32 heavy (non-hydrogen) atoms. The molecule has 3 aliphatic rings. The molecule has 1 aliphatic heterocycles. The topological polar surface area (TPSA) is 112 Å². The van der Waals surface area contributed by atoms with Crippen molar-refractivity contribution >= 4 is 17.9 Å². The van der Waals surface area contributed by atoms with Crippen LogP contribution in [0.5, 0.6) is 0 Å². The van der Waals surface area contributed by atoms with Crippen molar-refractivity contribution < 1.29 is 38.4 Å². The molecule has 0 spiro atoms. The first-order valence-electron chi connectivity index (χ1n) is 11.3. The molecule has 8 atom stereocenters. The molecule has 1 N–H and O–H groups in total. The van der Waals surface area contributed by atoms with Crippen LogP contribution >= 0.6 is 0 Å². The summed E-state index contributed by atoms with van der Waals surface area (Å²) in [6, 6.07) is 0. The summed E-state index contributed by atoms with van der Waals surface area (Å²) in [6.07, 6.45) is -0.577. The fourth-order valence-electron chi connectivity index (χ4n) is 5.90. The van der Waals surface area contributed by atoms with Gasteiger partial charge in [-0.2, -0.15) is 0 Å². The molecule has 0 unspecified atom stereocenters. The van der Waals surface area contributed by atoms with Gasteiger partial charge in [-0.15, -0.1) is 0 Å². The van der Waals surface area contributed by atoms with E-state index in [1.54, 1.807) is 19.9 Å². The first kappa shape index (κ1) is 24.7. The maximum absolute atomic E-state index is 12.8. The molecule has 0 radical (unpaired) electrons. The number of hydrogen-bond acceptors (Lipinski definition) is 8. The van der Waals surface area contributed by atoms with Gasteiger partial charge in [-0.25, -0.2) is 4.79 Å². The zero-order chi connectivity index (χ0) is 24.2. The molecule has 1 saturated heterocycles. The Morgan fingerprint density at radius 1 is 1.03 bits per heavy atom. The minimum absolute atomic E-state index is 0.142. The van der Waals surface area contributed by atoms with Crippen molar-refractivity contribution in [3.8, 4) is 0 Å². The number of ether oxygens (including phenoxy) is 4. The Hall–Kier alpha value is -1.93. The van der Waals surface area contributed by atoms with Crippen LogP contribution in [0.3, 0.4) is 0 Å². The van der Waals surface area contributed by atoms with Gasteiger partial charge in [0.2, 0.25) is 0 Å². The summed E-state index contributed by atoms with van der Waals surface area (Å²) in [6.45, 7) is 13.6. The number of fused-ring (bicyclic) bond motifs is 2. The summed E-state index contributed by atoms with van der Waals surface area (Å²) in [5.41, 5.74) is -2.60. The minimum Gasteiger partial charge on any atom is -0.462 e. The molecule has 8 nitrogen and oxygen atoms in total. The Labute approximate surface area is 189 Å².